The molecule has 5 nitrogen and oxygen atoms in total. The lowest BCUT2D eigenvalue weighted by Crippen LogP contribution is -2.49. The van der Waals surface area contributed by atoms with E-state index in [2.05, 4.69) is 5.32 Å². The Morgan fingerprint density at radius 1 is 1.08 bits per heavy atom. The molecule has 2 fully saturated rings. The lowest BCUT2D eigenvalue weighted by molar-refractivity contribution is -0.125. The Balaban J connectivity index is 1.77. The second kappa shape index (κ2) is 7.23. The van der Waals surface area contributed by atoms with E-state index in [1.165, 1.54) is 10.7 Å². The molecule has 6 heteroatoms. The van der Waals surface area contributed by atoms with E-state index in [9.17, 15) is 13.2 Å². The number of sulfonamides is 1. The largest absolute Gasteiger partial charge is 0.352 e. The van der Waals surface area contributed by atoms with Crippen LogP contribution in [0.2, 0.25) is 0 Å². The van der Waals surface area contributed by atoms with Gasteiger partial charge in [0.2, 0.25) is 15.9 Å². The summed E-state index contributed by atoms with van der Waals surface area (Å²) in [6.45, 7) is 2.21. The molecule has 0 spiro atoms. The fraction of sp³-hybridized carbons (Fsp3) is 0.611. The second-order valence-electron chi connectivity index (χ2n) is 6.88. The Hall–Kier alpha value is -1.40. The summed E-state index contributed by atoms with van der Waals surface area (Å²) < 4.78 is 27.4. The van der Waals surface area contributed by atoms with Crippen LogP contribution in [0.4, 0.5) is 0 Å². The van der Waals surface area contributed by atoms with Crippen molar-refractivity contribution in [1.82, 2.24) is 9.62 Å². The zero-order chi connectivity index (χ0) is 17.2. The molecule has 132 valence electrons. The topological polar surface area (TPSA) is 66.5 Å². The molecule has 0 unspecified atom stereocenters. The minimum absolute atomic E-state index is 0.128. The number of aryl methyl sites for hydroxylation is 1. The van der Waals surface area contributed by atoms with Crippen LogP contribution in [0, 0.1) is 6.92 Å². The highest BCUT2D eigenvalue weighted by Crippen LogP contribution is 2.28. The van der Waals surface area contributed by atoms with Gasteiger partial charge in [0, 0.05) is 12.6 Å². The number of rotatable bonds is 4. The number of nitrogens with zero attached hydrogens (tertiary/aromatic N) is 1. The van der Waals surface area contributed by atoms with Crippen molar-refractivity contribution >= 4 is 15.9 Å². The first-order chi connectivity index (χ1) is 11.5. The Kier molecular flexibility index (Phi) is 5.25. The predicted octanol–water partition coefficient (Wildman–Crippen LogP) is 2.60. The van der Waals surface area contributed by atoms with Crippen LogP contribution < -0.4 is 5.32 Å². The third-order valence-corrected chi connectivity index (χ3v) is 7.21. The lowest BCUT2D eigenvalue weighted by atomic mass is 9.95. The van der Waals surface area contributed by atoms with Gasteiger partial charge in [-0.25, -0.2) is 8.42 Å². The van der Waals surface area contributed by atoms with Crippen molar-refractivity contribution in [2.45, 2.75) is 68.8 Å². The molecule has 1 aliphatic carbocycles. The average molecular weight is 350 g/mol. The van der Waals surface area contributed by atoms with Gasteiger partial charge in [0.05, 0.1) is 4.90 Å². The molecule has 0 radical (unpaired) electrons. The second-order valence-corrected chi connectivity index (χ2v) is 8.74. The van der Waals surface area contributed by atoms with Crippen LogP contribution in [0.1, 0.15) is 50.5 Å². The van der Waals surface area contributed by atoms with E-state index >= 15 is 0 Å². The summed E-state index contributed by atoms with van der Waals surface area (Å²) in [4.78, 5) is 13.0. The Morgan fingerprint density at radius 3 is 2.50 bits per heavy atom. The molecule has 1 saturated carbocycles. The van der Waals surface area contributed by atoms with Crippen LogP contribution >= 0.6 is 0 Å². The molecule has 3 rings (SSSR count). The highest BCUT2D eigenvalue weighted by atomic mass is 32.2. The third-order valence-electron chi connectivity index (χ3n) is 5.14. The Morgan fingerprint density at radius 2 is 1.79 bits per heavy atom. The summed E-state index contributed by atoms with van der Waals surface area (Å²) in [7, 11) is -3.63. The Bertz CT molecular complexity index is 696. The van der Waals surface area contributed by atoms with Crippen LogP contribution in [0.15, 0.2) is 29.2 Å². The van der Waals surface area contributed by atoms with Crippen molar-refractivity contribution in [2.75, 3.05) is 6.54 Å². The fourth-order valence-electron chi connectivity index (χ4n) is 3.81. The molecular formula is C18H26N2O3S. The molecule has 1 atom stereocenters. The summed E-state index contributed by atoms with van der Waals surface area (Å²) in [5.41, 5.74) is 0.718. The van der Waals surface area contributed by atoms with Crippen molar-refractivity contribution in [3.05, 3.63) is 29.8 Å². The molecule has 2 aliphatic rings. The number of amides is 1. The number of hydrogen-bond donors (Lipinski definition) is 1. The molecule has 24 heavy (non-hydrogen) atoms. The van der Waals surface area contributed by atoms with Gasteiger partial charge in [0.1, 0.15) is 6.04 Å². The number of carbonyl (C=O) groups is 1. The van der Waals surface area contributed by atoms with Crippen molar-refractivity contribution in [2.24, 2.45) is 0 Å². The van der Waals surface area contributed by atoms with Gasteiger partial charge in [-0.15, -0.1) is 0 Å². The summed E-state index contributed by atoms with van der Waals surface area (Å²) in [5, 5.41) is 3.08. The molecule has 1 aliphatic heterocycles. The molecule has 1 N–H and O–H groups in total. The minimum Gasteiger partial charge on any atom is -0.352 e. The number of carbonyl (C=O) groups excluding carboxylic acids is 1. The van der Waals surface area contributed by atoms with Gasteiger partial charge in [-0.05, 0) is 44.2 Å². The van der Waals surface area contributed by atoms with E-state index in [0.29, 0.717) is 17.9 Å². The highest BCUT2D eigenvalue weighted by Gasteiger charge is 2.40. The van der Waals surface area contributed by atoms with E-state index in [0.717, 1.165) is 37.7 Å². The molecular weight excluding hydrogens is 324 g/mol. The molecule has 0 bridgehead atoms. The molecule has 1 aromatic carbocycles. The fourth-order valence-corrected chi connectivity index (χ4v) is 5.69. The van der Waals surface area contributed by atoms with Crippen LogP contribution in [0.3, 0.4) is 0 Å². The lowest BCUT2D eigenvalue weighted by Gasteiger charge is -2.28. The smallest absolute Gasteiger partial charge is 0.244 e. The van der Waals surface area contributed by atoms with Crippen molar-refractivity contribution in [1.29, 1.82) is 0 Å². The van der Waals surface area contributed by atoms with E-state index in [1.54, 1.807) is 25.1 Å². The Labute approximate surface area is 144 Å². The van der Waals surface area contributed by atoms with Crippen LogP contribution in [0.5, 0.6) is 0 Å². The van der Waals surface area contributed by atoms with Gasteiger partial charge in [0.25, 0.3) is 0 Å². The molecule has 1 heterocycles. The standard InChI is InChI=1S/C18H26N2O3S/c1-14-8-5-6-12-17(14)24(22,23)20-13-7-11-16(20)18(21)19-15-9-3-2-4-10-15/h5-6,8,12,15-16H,2-4,7,9-11,13H2,1H3,(H,19,21)/t16-/m1/s1. The molecule has 1 saturated heterocycles. The van der Waals surface area contributed by atoms with E-state index in [4.69, 9.17) is 0 Å². The summed E-state index contributed by atoms with van der Waals surface area (Å²) in [6, 6.07) is 6.60. The zero-order valence-corrected chi connectivity index (χ0v) is 15.0. The molecule has 1 aromatic rings. The van der Waals surface area contributed by atoms with Gasteiger partial charge in [-0.3, -0.25) is 4.79 Å². The van der Waals surface area contributed by atoms with Gasteiger partial charge < -0.3 is 5.32 Å². The summed E-state index contributed by atoms with van der Waals surface area (Å²) in [6.07, 6.45) is 6.84. The maximum Gasteiger partial charge on any atom is 0.244 e. The quantitative estimate of drug-likeness (QED) is 0.908. The zero-order valence-electron chi connectivity index (χ0n) is 14.2. The molecule has 0 aromatic heterocycles. The van der Waals surface area contributed by atoms with Crippen molar-refractivity contribution in [3.63, 3.8) is 0 Å². The first-order valence-corrected chi connectivity index (χ1v) is 10.3. The first kappa shape index (κ1) is 17.4. The van der Waals surface area contributed by atoms with Gasteiger partial charge in [-0.2, -0.15) is 4.31 Å². The van der Waals surface area contributed by atoms with E-state index in [-0.39, 0.29) is 11.9 Å². The first-order valence-electron chi connectivity index (χ1n) is 8.88. The minimum atomic E-state index is -3.63. The number of benzene rings is 1. The van der Waals surface area contributed by atoms with E-state index < -0.39 is 16.1 Å². The highest BCUT2D eigenvalue weighted by molar-refractivity contribution is 7.89. The van der Waals surface area contributed by atoms with Gasteiger partial charge in [-0.1, -0.05) is 37.5 Å². The maximum atomic E-state index is 13.0. The number of nitrogens with one attached hydrogen (secondary N) is 1. The van der Waals surface area contributed by atoms with Gasteiger partial charge in [0.15, 0.2) is 0 Å². The van der Waals surface area contributed by atoms with Crippen molar-refractivity contribution in [3.8, 4) is 0 Å². The van der Waals surface area contributed by atoms with Crippen LogP contribution in [-0.2, 0) is 14.8 Å². The summed E-state index contributed by atoms with van der Waals surface area (Å²) >= 11 is 0. The van der Waals surface area contributed by atoms with Crippen molar-refractivity contribution < 1.29 is 13.2 Å². The van der Waals surface area contributed by atoms with Crippen LogP contribution in [0.25, 0.3) is 0 Å². The van der Waals surface area contributed by atoms with Gasteiger partial charge >= 0.3 is 0 Å². The molecule has 1 amide bonds. The maximum absolute atomic E-state index is 13.0. The normalized spacial score (nSPS) is 23.3. The SMILES string of the molecule is Cc1ccccc1S(=O)(=O)N1CCC[C@@H]1C(=O)NC1CCCCC1. The third kappa shape index (κ3) is 3.49. The monoisotopic (exact) mass is 350 g/mol. The number of hydrogen-bond acceptors (Lipinski definition) is 3. The predicted molar refractivity (Wildman–Crippen MR) is 93.1 cm³/mol. The average Bonchev–Trinajstić information content (AvgIpc) is 3.06. The van der Waals surface area contributed by atoms with Crippen LogP contribution in [-0.4, -0.2) is 37.3 Å². The van der Waals surface area contributed by atoms with E-state index in [1.807, 2.05) is 6.07 Å². The summed E-state index contributed by atoms with van der Waals surface area (Å²) in [5.74, 6) is -0.128.